The van der Waals surface area contributed by atoms with E-state index in [2.05, 4.69) is 15.6 Å². The maximum Gasteiger partial charge on any atom is 0.255 e. The van der Waals surface area contributed by atoms with Crippen molar-refractivity contribution < 1.29 is 19.5 Å². The highest BCUT2D eigenvalue weighted by molar-refractivity contribution is 6.05. The van der Waals surface area contributed by atoms with Gasteiger partial charge in [0.05, 0.1) is 12.6 Å². The molecule has 2 heterocycles. The van der Waals surface area contributed by atoms with Crippen LogP contribution in [0.2, 0.25) is 0 Å². The van der Waals surface area contributed by atoms with Gasteiger partial charge in [0.1, 0.15) is 0 Å². The summed E-state index contributed by atoms with van der Waals surface area (Å²) in [5.74, 6) is -0.764. The van der Waals surface area contributed by atoms with E-state index in [0.29, 0.717) is 34.5 Å². The van der Waals surface area contributed by atoms with Crippen LogP contribution in [0.15, 0.2) is 91.3 Å². The van der Waals surface area contributed by atoms with Gasteiger partial charge in [-0.15, -0.1) is 0 Å². The first-order valence-electron chi connectivity index (χ1n) is 12.6. The molecule has 5 rings (SSSR count). The second-order valence-corrected chi connectivity index (χ2v) is 9.45. The number of hydrogen-bond acceptors (Lipinski definition) is 5. The molecule has 0 unspecified atom stereocenters. The molecule has 4 aromatic rings. The van der Waals surface area contributed by atoms with Gasteiger partial charge in [-0.1, -0.05) is 30.3 Å². The number of pyridine rings is 1. The van der Waals surface area contributed by atoms with E-state index in [-0.39, 0.29) is 24.3 Å². The van der Waals surface area contributed by atoms with E-state index in [1.165, 1.54) is 0 Å². The number of hydrogen-bond donors (Lipinski definition) is 3. The summed E-state index contributed by atoms with van der Waals surface area (Å²) < 4.78 is 0. The first-order valence-corrected chi connectivity index (χ1v) is 12.6. The van der Waals surface area contributed by atoms with E-state index in [4.69, 9.17) is 0 Å². The van der Waals surface area contributed by atoms with Crippen LogP contribution in [0.1, 0.15) is 48.2 Å². The molecule has 1 aliphatic heterocycles. The third-order valence-electron chi connectivity index (χ3n) is 6.86. The lowest BCUT2D eigenvalue weighted by atomic mass is 9.98. The van der Waals surface area contributed by atoms with E-state index in [1.807, 2.05) is 30.3 Å². The summed E-state index contributed by atoms with van der Waals surface area (Å²) in [7, 11) is 1.76. The molecule has 3 aromatic carbocycles. The fraction of sp³-hybridized carbons (Fsp3) is 0.161. The van der Waals surface area contributed by atoms with Crippen LogP contribution in [0.25, 0.3) is 11.1 Å². The minimum atomic E-state index is -0.706. The Balaban J connectivity index is 1.27. The Kier molecular flexibility index (Phi) is 7.47. The lowest BCUT2D eigenvalue weighted by molar-refractivity contribution is 0.0780. The van der Waals surface area contributed by atoms with Crippen molar-refractivity contribution >= 4 is 23.4 Å². The van der Waals surface area contributed by atoms with Crippen LogP contribution in [-0.2, 0) is 6.42 Å². The minimum Gasteiger partial charge on any atom is -0.394 e. The predicted molar refractivity (Wildman–Crippen MR) is 148 cm³/mol. The number of nitrogens with one attached hydrogen (secondary N) is 2. The van der Waals surface area contributed by atoms with Crippen molar-refractivity contribution in [2.24, 2.45) is 0 Å². The molecule has 0 saturated heterocycles. The molecule has 196 valence electrons. The Hall–Kier alpha value is -4.82. The standard InChI is InChI=1S/C31H28N4O4/c1-35-16-13-22-9-10-26(18-27(22)31(35)39)33-30(38)25-4-2-3-24(17-25)28(19-36)34-29(37)23-7-5-20(6-8-23)21-11-14-32-15-12-21/h2-12,14-15,17-18,28,36H,13,16,19H2,1H3,(H,33,38)(H,34,37)/t28-/m1/s1. The van der Waals surface area contributed by atoms with E-state index >= 15 is 0 Å². The molecule has 1 atom stereocenters. The molecule has 0 saturated carbocycles. The van der Waals surface area contributed by atoms with E-state index in [1.54, 1.807) is 72.9 Å². The van der Waals surface area contributed by atoms with Crippen molar-refractivity contribution in [3.05, 3.63) is 119 Å². The van der Waals surface area contributed by atoms with Crippen LogP contribution in [0.5, 0.6) is 0 Å². The zero-order valence-electron chi connectivity index (χ0n) is 21.4. The van der Waals surface area contributed by atoms with Gasteiger partial charge in [-0.3, -0.25) is 19.4 Å². The normalized spacial score (nSPS) is 13.4. The smallest absolute Gasteiger partial charge is 0.255 e. The lowest BCUT2D eigenvalue weighted by Gasteiger charge is -2.25. The van der Waals surface area contributed by atoms with Gasteiger partial charge in [-0.25, -0.2) is 0 Å². The van der Waals surface area contributed by atoms with Crippen molar-refractivity contribution in [2.75, 3.05) is 25.5 Å². The molecule has 0 bridgehead atoms. The van der Waals surface area contributed by atoms with Crippen LogP contribution in [0.3, 0.4) is 0 Å². The molecule has 3 N–H and O–H groups in total. The summed E-state index contributed by atoms with van der Waals surface area (Å²) in [5.41, 5.74) is 5.44. The summed E-state index contributed by atoms with van der Waals surface area (Å²) in [5, 5.41) is 15.7. The number of nitrogens with zero attached hydrogens (tertiary/aromatic N) is 2. The summed E-state index contributed by atoms with van der Waals surface area (Å²) >= 11 is 0. The molecule has 1 aromatic heterocycles. The highest BCUT2D eigenvalue weighted by Gasteiger charge is 2.22. The molecule has 3 amide bonds. The second-order valence-electron chi connectivity index (χ2n) is 9.45. The summed E-state index contributed by atoms with van der Waals surface area (Å²) in [6.45, 7) is 0.330. The Morgan fingerprint density at radius 1 is 0.923 bits per heavy atom. The van der Waals surface area contributed by atoms with Gasteiger partial charge in [0, 0.05) is 48.4 Å². The molecule has 39 heavy (non-hydrogen) atoms. The van der Waals surface area contributed by atoms with Gasteiger partial charge in [-0.05, 0) is 77.2 Å². The first-order chi connectivity index (χ1) is 18.9. The number of amides is 3. The number of anilines is 1. The molecule has 0 spiro atoms. The topological polar surface area (TPSA) is 112 Å². The molecular weight excluding hydrogens is 492 g/mol. The quantitative estimate of drug-likeness (QED) is 0.340. The van der Waals surface area contributed by atoms with Gasteiger partial charge in [0.15, 0.2) is 0 Å². The maximum absolute atomic E-state index is 13.0. The molecule has 8 heteroatoms. The number of aromatic nitrogens is 1. The van der Waals surface area contributed by atoms with Crippen molar-refractivity contribution in [3.8, 4) is 11.1 Å². The second kappa shape index (κ2) is 11.3. The van der Waals surface area contributed by atoms with Crippen molar-refractivity contribution in [1.29, 1.82) is 0 Å². The van der Waals surface area contributed by atoms with Crippen molar-refractivity contribution in [1.82, 2.24) is 15.2 Å². The average Bonchev–Trinajstić information content (AvgIpc) is 2.98. The Labute approximate surface area is 226 Å². The summed E-state index contributed by atoms with van der Waals surface area (Å²) in [6.07, 6.45) is 4.20. The van der Waals surface area contributed by atoms with Gasteiger partial charge < -0.3 is 20.6 Å². The zero-order chi connectivity index (χ0) is 27.4. The molecule has 0 aliphatic carbocycles. The number of aliphatic hydroxyl groups excluding tert-OH is 1. The Bertz CT molecular complexity index is 1520. The maximum atomic E-state index is 13.0. The highest BCUT2D eigenvalue weighted by Crippen LogP contribution is 2.23. The summed E-state index contributed by atoms with van der Waals surface area (Å²) in [4.78, 5) is 44.1. The minimum absolute atomic E-state index is 0.0668. The van der Waals surface area contributed by atoms with Crippen LogP contribution >= 0.6 is 0 Å². The van der Waals surface area contributed by atoms with Gasteiger partial charge in [0.25, 0.3) is 17.7 Å². The number of fused-ring (bicyclic) bond motifs is 1. The lowest BCUT2D eigenvalue weighted by Crippen LogP contribution is -2.34. The number of aliphatic hydroxyl groups is 1. The highest BCUT2D eigenvalue weighted by atomic mass is 16.3. The third-order valence-corrected chi connectivity index (χ3v) is 6.86. The zero-order valence-corrected chi connectivity index (χ0v) is 21.4. The average molecular weight is 521 g/mol. The van der Waals surface area contributed by atoms with Crippen LogP contribution in [-0.4, -0.2) is 52.9 Å². The molecular formula is C31H28N4O4. The van der Waals surface area contributed by atoms with Crippen LogP contribution < -0.4 is 10.6 Å². The monoisotopic (exact) mass is 520 g/mol. The largest absolute Gasteiger partial charge is 0.394 e. The number of carbonyl (C=O) groups excluding carboxylic acids is 3. The fourth-order valence-electron chi connectivity index (χ4n) is 4.60. The fourth-order valence-corrected chi connectivity index (χ4v) is 4.60. The number of carbonyl (C=O) groups is 3. The third kappa shape index (κ3) is 5.71. The SMILES string of the molecule is CN1CCc2ccc(NC(=O)c3cccc([C@@H](CO)NC(=O)c4ccc(-c5ccncc5)cc4)c3)cc2C1=O. The molecule has 8 nitrogen and oxygen atoms in total. The van der Waals surface area contributed by atoms with Crippen LogP contribution in [0.4, 0.5) is 5.69 Å². The molecule has 0 fully saturated rings. The molecule has 0 radical (unpaired) electrons. The van der Waals surface area contributed by atoms with Crippen molar-refractivity contribution in [2.45, 2.75) is 12.5 Å². The molecule has 1 aliphatic rings. The Morgan fingerprint density at radius 2 is 1.67 bits per heavy atom. The van der Waals surface area contributed by atoms with Crippen molar-refractivity contribution in [3.63, 3.8) is 0 Å². The van der Waals surface area contributed by atoms with Crippen LogP contribution in [0, 0.1) is 0 Å². The number of likely N-dealkylation sites (N-methyl/N-ethyl adjacent to an activating group) is 1. The van der Waals surface area contributed by atoms with Gasteiger partial charge in [0.2, 0.25) is 0 Å². The predicted octanol–water partition coefficient (Wildman–Crippen LogP) is 4.09. The van der Waals surface area contributed by atoms with E-state index in [9.17, 15) is 19.5 Å². The summed E-state index contributed by atoms with van der Waals surface area (Å²) in [6, 6.07) is 22.3. The van der Waals surface area contributed by atoms with Gasteiger partial charge in [-0.2, -0.15) is 0 Å². The Morgan fingerprint density at radius 3 is 2.41 bits per heavy atom. The first kappa shape index (κ1) is 25.8. The number of benzene rings is 3. The van der Waals surface area contributed by atoms with E-state index in [0.717, 1.165) is 23.1 Å². The number of rotatable bonds is 7. The van der Waals surface area contributed by atoms with Gasteiger partial charge >= 0.3 is 0 Å². The van der Waals surface area contributed by atoms with E-state index < -0.39 is 6.04 Å².